The molecule has 1 heterocycles. The molecule has 1 rings (SSSR count). The van der Waals surface area contributed by atoms with Gasteiger partial charge in [-0.3, -0.25) is 0 Å². The van der Waals surface area contributed by atoms with Crippen molar-refractivity contribution in [1.82, 2.24) is 0 Å². The van der Waals surface area contributed by atoms with Crippen LogP contribution in [-0.4, -0.2) is 40.9 Å². The lowest BCUT2D eigenvalue weighted by Gasteiger charge is -2.30. The summed E-state index contributed by atoms with van der Waals surface area (Å²) in [6.07, 6.45) is 0.265. The molecule has 0 aromatic carbocycles. The molecule has 6 heteroatoms. The molecule has 1 saturated heterocycles. The summed E-state index contributed by atoms with van der Waals surface area (Å²) in [4.78, 5) is 11.1. The van der Waals surface area contributed by atoms with Crippen LogP contribution in [0, 0.1) is 0 Å². The van der Waals surface area contributed by atoms with E-state index in [2.05, 4.69) is 4.74 Å². The topological polar surface area (TPSA) is 55.8 Å². The molecule has 0 aromatic heterocycles. The highest BCUT2D eigenvalue weighted by molar-refractivity contribution is 5.77. The molecule has 1 fully saturated rings. The predicted octanol–water partition coefficient (Wildman–Crippen LogP) is 2.67. The van der Waals surface area contributed by atoms with Gasteiger partial charge in [-0.05, 0) is 47.0 Å². The first-order valence-electron chi connectivity index (χ1n) is 6.95. The summed E-state index contributed by atoms with van der Waals surface area (Å²) in [5.41, 5.74) is -1.73. The van der Waals surface area contributed by atoms with Crippen molar-refractivity contribution in [3.8, 4) is 0 Å². The zero-order valence-corrected chi connectivity index (χ0v) is 12.5. The standard InChI is InChI=1S/C14H24F2O4/c1-5-19-11(17)14(15,16)9-8-13(4)7-6-10(20-13)12(2,3)18/h10,18H,5-9H2,1-4H3. The van der Waals surface area contributed by atoms with E-state index in [9.17, 15) is 18.7 Å². The third kappa shape index (κ3) is 4.38. The Morgan fingerprint density at radius 1 is 1.50 bits per heavy atom. The summed E-state index contributed by atoms with van der Waals surface area (Å²) >= 11 is 0. The summed E-state index contributed by atoms with van der Waals surface area (Å²) in [6.45, 7) is 6.43. The molecule has 1 aliphatic heterocycles. The minimum atomic E-state index is -3.49. The van der Waals surface area contributed by atoms with Crippen LogP contribution in [0.4, 0.5) is 8.78 Å². The van der Waals surface area contributed by atoms with Crippen LogP contribution >= 0.6 is 0 Å². The highest BCUT2D eigenvalue weighted by Gasteiger charge is 2.46. The van der Waals surface area contributed by atoms with Gasteiger partial charge in [0.1, 0.15) is 0 Å². The number of hydrogen-bond acceptors (Lipinski definition) is 4. The van der Waals surface area contributed by atoms with Gasteiger partial charge in [0, 0.05) is 6.42 Å². The fourth-order valence-electron chi connectivity index (χ4n) is 2.34. The van der Waals surface area contributed by atoms with Crippen molar-refractivity contribution < 1.29 is 28.2 Å². The molecule has 1 aliphatic rings. The first-order chi connectivity index (χ1) is 9.00. The Bertz CT molecular complexity index is 352. The number of carbonyl (C=O) groups is 1. The number of ether oxygens (including phenoxy) is 2. The Balaban J connectivity index is 2.55. The van der Waals surface area contributed by atoms with Crippen molar-refractivity contribution in [2.24, 2.45) is 0 Å². The summed E-state index contributed by atoms with van der Waals surface area (Å²) in [5.74, 6) is -4.98. The molecule has 0 aliphatic carbocycles. The maximum absolute atomic E-state index is 13.6. The van der Waals surface area contributed by atoms with Crippen LogP contribution in [0.2, 0.25) is 0 Å². The van der Waals surface area contributed by atoms with Crippen LogP contribution in [0.5, 0.6) is 0 Å². The zero-order chi connectivity index (χ0) is 15.6. The lowest BCUT2D eigenvalue weighted by Crippen LogP contribution is -2.39. The van der Waals surface area contributed by atoms with E-state index >= 15 is 0 Å². The van der Waals surface area contributed by atoms with E-state index in [4.69, 9.17) is 4.74 Å². The number of carbonyl (C=O) groups excluding carboxylic acids is 1. The van der Waals surface area contributed by atoms with Crippen molar-refractivity contribution in [1.29, 1.82) is 0 Å². The van der Waals surface area contributed by atoms with Crippen molar-refractivity contribution in [2.45, 2.75) is 76.6 Å². The molecule has 0 saturated carbocycles. The minimum absolute atomic E-state index is 0.0470. The van der Waals surface area contributed by atoms with Gasteiger partial charge in [0.25, 0.3) is 0 Å². The van der Waals surface area contributed by atoms with Gasteiger partial charge in [-0.2, -0.15) is 8.78 Å². The second kappa shape index (κ2) is 5.93. The van der Waals surface area contributed by atoms with Gasteiger partial charge in [0.05, 0.1) is 23.9 Å². The van der Waals surface area contributed by atoms with Crippen molar-refractivity contribution in [3.63, 3.8) is 0 Å². The Morgan fingerprint density at radius 3 is 2.55 bits per heavy atom. The molecule has 2 atom stereocenters. The average Bonchev–Trinajstić information content (AvgIpc) is 2.70. The smallest absolute Gasteiger partial charge is 0.376 e. The van der Waals surface area contributed by atoms with Crippen molar-refractivity contribution >= 4 is 5.97 Å². The second-order valence-electron chi connectivity index (χ2n) is 6.17. The van der Waals surface area contributed by atoms with Crippen LogP contribution in [0.15, 0.2) is 0 Å². The molecule has 118 valence electrons. The number of esters is 1. The molecule has 4 nitrogen and oxygen atoms in total. The van der Waals surface area contributed by atoms with Gasteiger partial charge in [0.2, 0.25) is 0 Å². The van der Waals surface area contributed by atoms with Crippen LogP contribution in [0.1, 0.15) is 53.4 Å². The number of hydrogen-bond donors (Lipinski definition) is 1. The monoisotopic (exact) mass is 294 g/mol. The maximum atomic E-state index is 13.6. The Kier molecular flexibility index (Phi) is 5.13. The van der Waals surface area contributed by atoms with Crippen LogP contribution in [0.25, 0.3) is 0 Å². The molecular formula is C14H24F2O4. The Labute approximate surface area is 118 Å². The lowest BCUT2D eigenvalue weighted by atomic mass is 9.93. The van der Waals surface area contributed by atoms with Crippen LogP contribution in [0.3, 0.4) is 0 Å². The van der Waals surface area contributed by atoms with Crippen molar-refractivity contribution in [3.05, 3.63) is 0 Å². The summed E-state index contributed by atoms with van der Waals surface area (Å²) in [5, 5.41) is 9.89. The summed E-state index contributed by atoms with van der Waals surface area (Å²) in [7, 11) is 0. The van der Waals surface area contributed by atoms with E-state index in [1.807, 2.05) is 0 Å². The number of alkyl halides is 2. The fraction of sp³-hybridized carbons (Fsp3) is 0.929. The molecule has 0 spiro atoms. The molecular weight excluding hydrogens is 270 g/mol. The first kappa shape index (κ1) is 17.3. The zero-order valence-electron chi connectivity index (χ0n) is 12.5. The Morgan fingerprint density at radius 2 is 2.10 bits per heavy atom. The summed E-state index contributed by atoms with van der Waals surface area (Å²) in [6, 6.07) is 0. The van der Waals surface area contributed by atoms with E-state index in [1.165, 1.54) is 6.92 Å². The van der Waals surface area contributed by atoms with E-state index in [0.29, 0.717) is 12.8 Å². The van der Waals surface area contributed by atoms with E-state index < -0.39 is 29.5 Å². The van der Waals surface area contributed by atoms with Gasteiger partial charge in [-0.15, -0.1) is 0 Å². The lowest BCUT2D eigenvalue weighted by molar-refractivity contribution is -0.175. The minimum Gasteiger partial charge on any atom is -0.462 e. The largest absolute Gasteiger partial charge is 0.462 e. The van der Waals surface area contributed by atoms with Gasteiger partial charge >= 0.3 is 11.9 Å². The number of halogens is 2. The summed E-state index contributed by atoms with van der Waals surface area (Å²) < 4.78 is 37.2. The van der Waals surface area contributed by atoms with Gasteiger partial charge in [-0.1, -0.05) is 0 Å². The van der Waals surface area contributed by atoms with E-state index in [0.717, 1.165) is 0 Å². The van der Waals surface area contributed by atoms with Crippen LogP contribution < -0.4 is 0 Å². The highest BCUT2D eigenvalue weighted by Crippen LogP contribution is 2.39. The van der Waals surface area contributed by atoms with Gasteiger partial charge < -0.3 is 14.6 Å². The SMILES string of the molecule is CCOC(=O)C(F)(F)CCC1(C)CCC(C(C)(C)O)O1. The van der Waals surface area contributed by atoms with Gasteiger partial charge in [0.15, 0.2) is 0 Å². The van der Waals surface area contributed by atoms with Gasteiger partial charge in [-0.25, -0.2) is 4.79 Å². The third-order valence-corrected chi connectivity index (χ3v) is 3.69. The second-order valence-corrected chi connectivity index (χ2v) is 6.17. The fourth-order valence-corrected chi connectivity index (χ4v) is 2.34. The van der Waals surface area contributed by atoms with Crippen molar-refractivity contribution in [2.75, 3.05) is 6.61 Å². The molecule has 0 radical (unpaired) electrons. The molecule has 0 amide bonds. The molecule has 0 bridgehead atoms. The normalized spacial score (nSPS) is 27.6. The maximum Gasteiger partial charge on any atom is 0.376 e. The number of rotatable bonds is 6. The number of aliphatic hydroxyl groups is 1. The highest BCUT2D eigenvalue weighted by atomic mass is 19.3. The third-order valence-electron chi connectivity index (χ3n) is 3.69. The quantitative estimate of drug-likeness (QED) is 0.765. The average molecular weight is 294 g/mol. The molecule has 2 unspecified atom stereocenters. The first-order valence-corrected chi connectivity index (χ1v) is 6.95. The molecule has 20 heavy (non-hydrogen) atoms. The van der Waals surface area contributed by atoms with E-state index in [-0.39, 0.29) is 19.1 Å². The molecule has 1 N–H and O–H groups in total. The van der Waals surface area contributed by atoms with Crippen LogP contribution in [-0.2, 0) is 14.3 Å². The van der Waals surface area contributed by atoms with E-state index in [1.54, 1.807) is 20.8 Å². The predicted molar refractivity (Wildman–Crippen MR) is 69.6 cm³/mol. The Hall–Kier alpha value is -0.750. The molecule has 0 aromatic rings.